The number of carbonyl (C=O) groups is 3. The Morgan fingerprint density at radius 1 is 1.06 bits per heavy atom. The maximum Gasteiger partial charge on any atom is 0.407 e. The van der Waals surface area contributed by atoms with Crippen molar-refractivity contribution in [2.24, 2.45) is 5.92 Å². The van der Waals surface area contributed by atoms with Crippen molar-refractivity contribution in [2.75, 3.05) is 6.61 Å². The monoisotopic (exact) mass is 491 g/mol. The van der Waals surface area contributed by atoms with E-state index in [0.717, 1.165) is 35.1 Å². The van der Waals surface area contributed by atoms with Crippen molar-refractivity contribution in [3.63, 3.8) is 0 Å². The van der Waals surface area contributed by atoms with Crippen LogP contribution < -0.4 is 10.6 Å². The summed E-state index contributed by atoms with van der Waals surface area (Å²) in [5.41, 5.74) is 5.02. The zero-order valence-electron chi connectivity index (χ0n) is 18.9. The van der Waals surface area contributed by atoms with Crippen molar-refractivity contribution >= 4 is 29.3 Å². The van der Waals surface area contributed by atoms with Crippen LogP contribution in [0.1, 0.15) is 40.6 Å². The van der Waals surface area contributed by atoms with Crippen molar-refractivity contribution in [3.05, 3.63) is 75.7 Å². The zero-order valence-corrected chi connectivity index (χ0v) is 19.7. The summed E-state index contributed by atoms with van der Waals surface area (Å²) >= 11 is 1.29. The first-order valence-electron chi connectivity index (χ1n) is 11.5. The second-order valence-electron chi connectivity index (χ2n) is 8.81. The van der Waals surface area contributed by atoms with Gasteiger partial charge in [-0.2, -0.15) is 0 Å². The first kappa shape index (κ1) is 23.0. The SMILES string of the molecule is O=C(O)Cc1csc(CNC(=O)C(NC(=O)OCC2c3ccccc3-c3ccccc32)C2CC2)n1. The number of aliphatic carboxylic acids is 1. The lowest BCUT2D eigenvalue weighted by Gasteiger charge is -2.19. The number of hydrogen-bond acceptors (Lipinski definition) is 6. The van der Waals surface area contributed by atoms with Crippen LogP contribution in [0.3, 0.4) is 0 Å². The quantitative estimate of drug-likeness (QED) is 0.420. The lowest BCUT2D eigenvalue weighted by atomic mass is 9.98. The molecule has 0 aliphatic heterocycles. The number of carboxylic acid groups (broad SMARTS) is 1. The molecule has 0 saturated heterocycles. The van der Waals surface area contributed by atoms with Gasteiger partial charge in [0.15, 0.2) is 0 Å². The highest BCUT2D eigenvalue weighted by molar-refractivity contribution is 7.09. The van der Waals surface area contributed by atoms with Gasteiger partial charge in [0.1, 0.15) is 17.7 Å². The van der Waals surface area contributed by atoms with E-state index in [9.17, 15) is 14.4 Å². The first-order valence-corrected chi connectivity index (χ1v) is 12.4. The molecular weight excluding hydrogens is 466 g/mol. The van der Waals surface area contributed by atoms with E-state index < -0.39 is 18.1 Å². The number of thiazole rings is 1. The van der Waals surface area contributed by atoms with E-state index in [1.54, 1.807) is 5.38 Å². The van der Waals surface area contributed by atoms with E-state index in [4.69, 9.17) is 9.84 Å². The Morgan fingerprint density at radius 2 is 1.71 bits per heavy atom. The van der Waals surface area contributed by atoms with Gasteiger partial charge in [-0.1, -0.05) is 48.5 Å². The van der Waals surface area contributed by atoms with Crippen LogP contribution >= 0.6 is 11.3 Å². The molecule has 3 aromatic rings. The van der Waals surface area contributed by atoms with Gasteiger partial charge < -0.3 is 20.5 Å². The second kappa shape index (κ2) is 9.87. The number of carbonyl (C=O) groups excluding carboxylic acids is 2. The summed E-state index contributed by atoms with van der Waals surface area (Å²) in [5, 5.41) is 16.7. The van der Waals surface area contributed by atoms with E-state index in [0.29, 0.717) is 10.7 Å². The van der Waals surface area contributed by atoms with Gasteiger partial charge in [-0.25, -0.2) is 9.78 Å². The molecule has 180 valence electrons. The molecule has 1 aromatic heterocycles. The molecule has 9 heteroatoms. The molecule has 2 aliphatic rings. The molecule has 0 spiro atoms. The largest absolute Gasteiger partial charge is 0.481 e. The van der Waals surface area contributed by atoms with Gasteiger partial charge in [0, 0.05) is 11.3 Å². The highest BCUT2D eigenvalue weighted by atomic mass is 32.1. The number of nitrogens with zero attached hydrogens (tertiary/aromatic N) is 1. The van der Waals surface area contributed by atoms with Crippen molar-refractivity contribution in [2.45, 2.75) is 37.8 Å². The number of amides is 2. The van der Waals surface area contributed by atoms with E-state index in [1.165, 1.54) is 11.3 Å². The maximum atomic E-state index is 12.8. The van der Waals surface area contributed by atoms with E-state index in [1.807, 2.05) is 24.3 Å². The van der Waals surface area contributed by atoms with Gasteiger partial charge in [0.05, 0.1) is 18.7 Å². The van der Waals surface area contributed by atoms with Crippen molar-refractivity contribution < 1.29 is 24.2 Å². The Hall–Kier alpha value is -3.72. The van der Waals surface area contributed by atoms with Gasteiger partial charge in [-0.15, -0.1) is 11.3 Å². The fraction of sp³-hybridized carbons (Fsp3) is 0.308. The molecule has 2 aliphatic carbocycles. The molecule has 2 aromatic carbocycles. The molecule has 5 rings (SSSR count). The second-order valence-corrected chi connectivity index (χ2v) is 9.75. The average molecular weight is 492 g/mol. The Bertz CT molecular complexity index is 1220. The minimum atomic E-state index is -0.952. The maximum absolute atomic E-state index is 12.8. The predicted molar refractivity (Wildman–Crippen MR) is 130 cm³/mol. The number of ether oxygens (including phenoxy) is 1. The van der Waals surface area contributed by atoms with Crippen LogP contribution in [-0.2, 0) is 27.3 Å². The topological polar surface area (TPSA) is 118 Å². The summed E-state index contributed by atoms with van der Waals surface area (Å²) in [6, 6.07) is 15.6. The molecule has 2 amide bonds. The van der Waals surface area contributed by atoms with Crippen LogP contribution in [0.25, 0.3) is 11.1 Å². The van der Waals surface area contributed by atoms with Crippen molar-refractivity contribution in [3.8, 4) is 11.1 Å². The van der Waals surface area contributed by atoms with Crippen molar-refractivity contribution in [1.29, 1.82) is 0 Å². The van der Waals surface area contributed by atoms with E-state index in [2.05, 4.69) is 39.9 Å². The van der Waals surface area contributed by atoms with Gasteiger partial charge in [-0.05, 0) is 41.0 Å². The van der Waals surface area contributed by atoms with Gasteiger partial charge >= 0.3 is 12.1 Å². The Labute approximate surface area is 206 Å². The molecule has 0 bridgehead atoms. The number of carboxylic acids is 1. The van der Waals surface area contributed by atoms with Crippen LogP contribution in [0.5, 0.6) is 0 Å². The lowest BCUT2D eigenvalue weighted by molar-refractivity contribution is -0.136. The molecule has 0 radical (unpaired) electrons. The van der Waals surface area contributed by atoms with Crippen LogP contribution in [0.15, 0.2) is 53.9 Å². The summed E-state index contributed by atoms with van der Waals surface area (Å²) in [6.45, 7) is 0.364. The Kier molecular flexibility index (Phi) is 6.50. The number of alkyl carbamates (subject to hydrolysis) is 1. The fourth-order valence-electron chi connectivity index (χ4n) is 4.53. The summed E-state index contributed by atoms with van der Waals surface area (Å²) in [5.74, 6) is -1.22. The highest BCUT2D eigenvalue weighted by Gasteiger charge is 2.38. The third-order valence-corrected chi connectivity index (χ3v) is 7.24. The molecular formula is C26H25N3O5S. The Balaban J connectivity index is 1.17. The molecule has 3 N–H and O–H groups in total. The Morgan fingerprint density at radius 3 is 2.34 bits per heavy atom. The van der Waals surface area contributed by atoms with E-state index in [-0.39, 0.29) is 37.3 Å². The van der Waals surface area contributed by atoms with Gasteiger partial charge in [0.25, 0.3) is 0 Å². The molecule has 1 fully saturated rings. The minimum absolute atomic E-state index is 0.0498. The summed E-state index contributed by atoms with van der Waals surface area (Å²) in [6.07, 6.45) is 0.957. The third-order valence-electron chi connectivity index (χ3n) is 6.34. The molecule has 35 heavy (non-hydrogen) atoms. The minimum Gasteiger partial charge on any atom is -0.481 e. The molecule has 1 saturated carbocycles. The zero-order chi connectivity index (χ0) is 24.4. The lowest BCUT2D eigenvalue weighted by Crippen LogP contribution is -2.48. The van der Waals surface area contributed by atoms with Crippen LogP contribution in [0.2, 0.25) is 0 Å². The summed E-state index contributed by atoms with van der Waals surface area (Å²) < 4.78 is 5.61. The standard InChI is InChI=1S/C26H25N3O5S/c30-23(31)11-16-14-35-22(28-16)12-27-25(32)24(15-9-10-15)29-26(33)34-13-21-19-7-3-1-5-17(19)18-6-2-4-8-20(18)21/h1-8,14-15,21,24H,9-13H2,(H,27,32)(H,29,33)(H,30,31). The number of fused-ring (bicyclic) bond motifs is 3. The summed E-state index contributed by atoms with van der Waals surface area (Å²) in [4.78, 5) is 40.5. The molecule has 1 unspecified atom stereocenters. The van der Waals surface area contributed by atoms with Crippen LogP contribution in [0.4, 0.5) is 4.79 Å². The molecule has 8 nitrogen and oxygen atoms in total. The number of benzene rings is 2. The van der Waals surface area contributed by atoms with Crippen LogP contribution in [-0.4, -0.2) is 40.7 Å². The predicted octanol–water partition coefficient (Wildman–Crippen LogP) is 3.70. The first-order chi connectivity index (χ1) is 17.0. The van der Waals surface area contributed by atoms with Gasteiger partial charge in [-0.3, -0.25) is 9.59 Å². The van der Waals surface area contributed by atoms with Gasteiger partial charge in [0.2, 0.25) is 5.91 Å². The number of rotatable bonds is 9. The molecule has 1 heterocycles. The highest BCUT2D eigenvalue weighted by Crippen LogP contribution is 2.44. The van der Waals surface area contributed by atoms with E-state index >= 15 is 0 Å². The fourth-order valence-corrected chi connectivity index (χ4v) is 5.27. The van der Waals surface area contributed by atoms with Crippen molar-refractivity contribution in [1.82, 2.24) is 15.6 Å². The smallest absolute Gasteiger partial charge is 0.407 e. The number of nitrogens with one attached hydrogen (secondary N) is 2. The third kappa shape index (κ3) is 5.19. The molecule has 1 atom stereocenters. The van der Waals surface area contributed by atoms with Crippen LogP contribution in [0, 0.1) is 5.92 Å². The number of aromatic nitrogens is 1. The average Bonchev–Trinajstić information content (AvgIpc) is 3.52. The number of hydrogen-bond donors (Lipinski definition) is 3. The summed E-state index contributed by atoms with van der Waals surface area (Å²) in [7, 11) is 0. The normalized spacial score (nSPS) is 15.1.